The molecule has 3 aliphatic heterocycles. The summed E-state index contributed by atoms with van der Waals surface area (Å²) in [5, 5.41) is 12.1. The van der Waals surface area contributed by atoms with Crippen LogP contribution in [0.5, 0.6) is 5.75 Å². The lowest BCUT2D eigenvalue weighted by atomic mass is 9.90. The molecule has 3 aromatic rings. The van der Waals surface area contributed by atoms with Gasteiger partial charge in [-0.1, -0.05) is 24.6 Å². The predicted molar refractivity (Wildman–Crippen MR) is 217 cm³/mol. The number of nitrogens with one attached hydrogen (secondary N) is 1. The van der Waals surface area contributed by atoms with Crippen LogP contribution < -0.4 is 19.9 Å². The number of amides is 3. The average Bonchev–Trinajstić information content (AvgIpc) is 3.34. The standard InChI is InChI=1S/C42H44ClF3N6O5S/c1-4-28-22-33(52-40(58)51(39(56)41(52,2)3)32-7-5-30(24-47)35(23-32)42(44,45)46)8-9-36(28)57-16-15-49-11-13-50(14-12-49)25-34(53)21-27-17-26(19-31(43)20-27)18-29-6-10-37(54)48-38(29)55/h5,7-9,17,19-20,22-23,29H,4,6,10-16,18,21,25H2,1-3H3,(H,48,54,55). The normalized spacial score (nSPS) is 19.0. The van der Waals surface area contributed by atoms with Gasteiger partial charge in [-0.15, -0.1) is 0 Å². The number of ether oxygens (including phenoxy) is 1. The van der Waals surface area contributed by atoms with Crippen LogP contribution in [0.3, 0.4) is 0 Å². The number of nitriles is 1. The number of piperazine rings is 1. The average molecular weight is 837 g/mol. The number of hydrogen-bond acceptors (Lipinski definition) is 9. The molecule has 1 atom stereocenters. The van der Waals surface area contributed by atoms with Crippen molar-refractivity contribution < 1.29 is 37.1 Å². The van der Waals surface area contributed by atoms with Crippen LogP contribution in [0.1, 0.15) is 61.4 Å². The number of imide groups is 1. The van der Waals surface area contributed by atoms with Gasteiger partial charge in [0.05, 0.1) is 29.4 Å². The Hall–Kier alpha value is -4.88. The Bertz CT molecular complexity index is 2170. The van der Waals surface area contributed by atoms with Gasteiger partial charge in [0.2, 0.25) is 11.8 Å². The Labute approximate surface area is 345 Å². The fourth-order valence-electron chi connectivity index (χ4n) is 7.73. The fraction of sp³-hybridized carbons (Fsp3) is 0.429. The van der Waals surface area contributed by atoms with E-state index in [0.717, 1.165) is 59.9 Å². The number of halogens is 4. The van der Waals surface area contributed by atoms with Crippen LogP contribution in [0.15, 0.2) is 54.6 Å². The summed E-state index contributed by atoms with van der Waals surface area (Å²) in [6.07, 6.45) is -2.72. The third-order valence-corrected chi connectivity index (χ3v) is 11.4. The van der Waals surface area contributed by atoms with Crippen LogP contribution >= 0.6 is 23.8 Å². The fourth-order valence-corrected chi connectivity index (χ4v) is 8.53. The first-order valence-electron chi connectivity index (χ1n) is 19.1. The van der Waals surface area contributed by atoms with E-state index in [1.165, 1.54) is 6.07 Å². The summed E-state index contributed by atoms with van der Waals surface area (Å²) < 4.78 is 47.5. The number of rotatable bonds is 13. The molecule has 1 unspecified atom stereocenters. The second-order valence-electron chi connectivity index (χ2n) is 15.3. The first-order chi connectivity index (χ1) is 27.5. The Kier molecular flexibility index (Phi) is 12.9. The zero-order chi connectivity index (χ0) is 41.9. The topological polar surface area (TPSA) is 126 Å². The maximum atomic E-state index is 13.8. The molecular formula is C42H44ClF3N6O5S. The molecular weight excluding hydrogens is 793 g/mol. The van der Waals surface area contributed by atoms with Crippen molar-refractivity contribution in [3.8, 4) is 11.8 Å². The lowest BCUT2D eigenvalue weighted by molar-refractivity contribution is -0.138. The van der Waals surface area contributed by atoms with Gasteiger partial charge >= 0.3 is 6.18 Å². The first kappa shape index (κ1) is 42.7. The Morgan fingerprint density at radius 1 is 1.00 bits per heavy atom. The largest absolute Gasteiger partial charge is 0.492 e. The molecule has 16 heteroatoms. The monoisotopic (exact) mass is 836 g/mol. The molecule has 58 heavy (non-hydrogen) atoms. The van der Waals surface area contributed by atoms with Crippen molar-refractivity contribution in [1.29, 1.82) is 5.26 Å². The van der Waals surface area contributed by atoms with Crippen LogP contribution in [-0.4, -0.2) is 89.8 Å². The van der Waals surface area contributed by atoms with E-state index in [-0.39, 0.29) is 40.7 Å². The highest BCUT2D eigenvalue weighted by Crippen LogP contribution is 2.40. The van der Waals surface area contributed by atoms with Gasteiger partial charge in [0.1, 0.15) is 17.9 Å². The summed E-state index contributed by atoms with van der Waals surface area (Å²) in [4.78, 5) is 57.6. The lowest BCUT2D eigenvalue weighted by Crippen LogP contribution is -2.48. The van der Waals surface area contributed by atoms with Crippen molar-refractivity contribution in [3.63, 3.8) is 0 Å². The summed E-state index contributed by atoms with van der Waals surface area (Å²) in [5.74, 6) is -0.603. The van der Waals surface area contributed by atoms with Gasteiger partial charge in [0.25, 0.3) is 5.91 Å². The highest BCUT2D eigenvalue weighted by molar-refractivity contribution is 7.81. The van der Waals surface area contributed by atoms with Gasteiger partial charge in [0, 0.05) is 62.2 Å². The van der Waals surface area contributed by atoms with Gasteiger partial charge in [0.15, 0.2) is 10.9 Å². The van der Waals surface area contributed by atoms with E-state index >= 15 is 0 Å². The number of aryl methyl sites for hydroxylation is 1. The highest BCUT2D eigenvalue weighted by atomic mass is 35.5. The van der Waals surface area contributed by atoms with E-state index in [0.29, 0.717) is 61.8 Å². The molecule has 3 fully saturated rings. The second kappa shape index (κ2) is 17.5. The van der Waals surface area contributed by atoms with Gasteiger partial charge in [-0.05, 0) is 111 Å². The number of hydrogen-bond donors (Lipinski definition) is 1. The maximum Gasteiger partial charge on any atom is 0.417 e. The van der Waals surface area contributed by atoms with Crippen molar-refractivity contribution in [3.05, 3.63) is 87.4 Å². The number of Topliss-reactive ketones (excluding diaryl/α,β-unsaturated/α-hetero) is 1. The number of anilines is 2. The van der Waals surface area contributed by atoms with Crippen LogP contribution in [0.2, 0.25) is 5.02 Å². The molecule has 0 radical (unpaired) electrons. The molecule has 0 spiro atoms. The van der Waals surface area contributed by atoms with Crippen molar-refractivity contribution in [2.75, 3.05) is 55.7 Å². The molecule has 6 rings (SSSR count). The van der Waals surface area contributed by atoms with E-state index in [2.05, 4.69) is 15.1 Å². The summed E-state index contributed by atoms with van der Waals surface area (Å²) in [6, 6.07) is 15.6. The van der Waals surface area contributed by atoms with Gasteiger partial charge in [-0.2, -0.15) is 18.4 Å². The molecule has 3 heterocycles. The van der Waals surface area contributed by atoms with E-state index < -0.39 is 28.7 Å². The summed E-state index contributed by atoms with van der Waals surface area (Å²) in [5.41, 5.74) is 0.132. The minimum Gasteiger partial charge on any atom is -0.492 e. The van der Waals surface area contributed by atoms with Crippen molar-refractivity contribution >= 4 is 63.8 Å². The number of carbonyl (C=O) groups excluding carboxylic acids is 4. The summed E-state index contributed by atoms with van der Waals surface area (Å²) in [6.45, 7) is 9.65. The number of alkyl halides is 3. The molecule has 0 aliphatic carbocycles. The Morgan fingerprint density at radius 2 is 1.69 bits per heavy atom. The smallest absolute Gasteiger partial charge is 0.417 e. The van der Waals surface area contributed by atoms with Gasteiger partial charge in [-0.3, -0.25) is 39.2 Å². The molecule has 3 amide bonds. The molecule has 0 saturated carbocycles. The Balaban J connectivity index is 1.00. The van der Waals surface area contributed by atoms with Crippen LogP contribution in [0.25, 0.3) is 0 Å². The van der Waals surface area contributed by atoms with Crippen molar-refractivity contribution in [2.45, 2.75) is 64.6 Å². The lowest BCUT2D eigenvalue weighted by Gasteiger charge is -2.34. The number of benzene rings is 3. The van der Waals surface area contributed by atoms with Crippen LogP contribution in [0.4, 0.5) is 24.5 Å². The van der Waals surface area contributed by atoms with Crippen LogP contribution in [-0.2, 0) is 44.6 Å². The zero-order valence-corrected chi connectivity index (χ0v) is 34.0. The number of thiocarbonyl (C=S) groups is 1. The number of nitrogens with zero attached hydrogens (tertiary/aromatic N) is 5. The zero-order valence-electron chi connectivity index (χ0n) is 32.5. The number of carbonyl (C=O) groups is 4. The molecule has 11 nitrogen and oxygen atoms in total. The van der Waals surface area contributed by atoms with E-state index in [1.807, 2.05) is 25.1 Å². The molecule has 0 aromatic heterocycles. The third-order valence-electron chi connectivity index (χ3n) is 10.8. The minimum absolute atomic E-state index is 0.0185. The van der Waals surface area contributed by atoms with Crippen molar-refractivity contribution in [2.24, 2.45) is 5.92 Å². The first-order valence-corrected chi connectivity index (χ1v) is 19.9. The summed E-state index contributed by atoms with van der Waals surface area (Å²) in [7, 11) is 0. The maximum absolute atomic E-state index is 13.8. The molecule has 3 aliphatic rings. The third kappa shape index (κ3) is 9.52. The molecule has 0 bridgehead atoms. The van der Waals surface area contributed by atoms with Gasteiger partial charge in [-0.25, -0.2) is 0 Å². The SMILES string of the molecule is CCc1cc(N2C(=S)N(c3ccc(C#N)c(C(F)(F)F)c3)C(=O)C2(C)C)ccc1OCCN1CCN(CC(=O)Cc2cc(Cl)cc(CC3CCC(=O)NC3=O)c2)CC1. The quantitative estimate of drug-likeness (QED) is 0.159. The summed E-state index contributed by atoms with van der Waals surface area (Å²) >= 11 is 12.1. The van der Waals surface area contributed by atoms with Gasteiger partial charge < -0.3 is 9.64 Å². The number of piperidine rings is 1. The highest BCUT2D eigenvalue weighted by Gasteiger charge is 2.51. The second-order valence-corrected chi connectivity index (χ2v) is 16.1. The Morgan fingerprint density at radius 3 is 2.36 bits per heavy atom. The predicted octanol–water partition coefficient (Wildman–Crippen LogP) is 6.11. The minimum atomic E-state index is -4.79. The molecule has 3 saturated heterocycles. The molecule has 3 aromatic carbocycles. The van der Waals surface area contributed by atoms with Crippen molar-refractivity contribution in [1.82, 2.24) is 15.1 Å². The van der Waals surface area contributed by atoms with E-state index in [4.69, 9.17) is 28.6 Å². The van der Waals surface area contributed by atoms with E-state index in [9.17, 15) is 37.6 Å². The van der Waals surface area contributed by atoms with E-state index in [1.54, 1.807) is 43.0 Å². The number of ketones is 1. The molecule has 306 valence electrons. The van der Waals surface area contributed by atoms with Crippen LogP contribution in [0, 0.1) is 17.2 Å². The molecule has 1 N–H and O–H groups in total.